The van der Waals surface area contributed by atoms with Crippen molar-refractivity contribution in [1.82, 2.24) is 10.2 Å². The highest BCUT2D eigenvalue weighted by Gasteiger charge is 2.23. The molecule has 150 valence electrons. The zero-order valence-corrected chi connectivity index (χ0v) is 17.1. The SMILES string of the molecule is COc1ccccc1CC(=O)N1CCC(NCCC(C)c2ccccc2)CC1. The lowest BCUT2D eigenvalue weighted by Crippen LogP contribution is -2.45. The lowest BCUT2D eigenvalue weighted by atomic mass is 9.97. The zero-order valence-electron chi connectivity index (χ0n) is 17.1. The number of likely N-dealkylation sites (tertiary alicyclic amines) is 1. The van der Waals surface area contributed by atoms with Crippen molar-refractivity contribution in [3.63, 3.8) is 0 Å². The molecule has 2 aromatic carbocycles. The molecule has 3 rings (SSSR count). The van der Waals surface area contributed by atoms with E-state index in [4.69, 9.17) is 4.74 Å². The van der Waals surface area contributed by atoms with Crippen molar-refractivity contribution in [3.05, 3.63) is 65.7 Å². The molecule has 1 saturated heterocycles. The van der Waals surface area contributed by atoms with Gasteiger partial charge in [-0.2, -0.15) is 0 Å². The van der Waals surface area contributed by atoms with Crippen molar-refractivity contribution < 1.29 is 9.53 Å². The van der Waals surface area contributed by atoms with Crippen molar-refractivity contribution >= 4 is 5.91 Å². The highest BCUT2D eigenvalue weighted by Crippen LogP contribution is 2.21. The minimum atomic E-state index is 0.195. The molecule has 0 aromatic heterocycles. The van der Waals surface area contributed by atoms with Gasteiger partial charge in [0.15, 0.2) is 0 Å². The molecule has 0 spiro atoms. The number of hydrogen-bond donors (Lipinski definition) is 1. The first-order chi connectivity index (χ1) is 13.7. The molecule has 0 aliphatic carbocycles. The van der Waals surface area contributed by atoms with E-state index in [0.29, 0.717) is 18.4 Å². The van der Waals surface area contributed by atoms with Gasteiger partial charge in [0, 0.05) is 24.7 Å². The zero-order chi connectivity index (χ0) is 19.8. The monoisotopic (exact) mass is 380 g/mol. The number of nitrogens with zero attached hydrogens (tertiary/aromatic N) is 1. The Bertz CT molecular complexity index is 739. The normalized spacial score (nSPS) is 16.0. The summed E-state index contributed by atoms with van der Waals surface area (Å²) in [6.45, 7) is 4.98. The van der Waals surface area contributed by atoms with Crippen LogP contribution in [-0.2, 0) is 11.2 Å². The van der Waals surface area contributed by atoms with E-state index in [-0.39, 0.29) is 5.91 Å². The number of amides is 1. The molecule has 1 unspecified atom stereocenters. The molecule has 1 aliphatic rings. The molecule has 2 aromatic rings. The van der Waals surface area contributed by atoms with Gasteiger partial charge in [-0.25, -0.2) is 0 Å². The molecule has 28 heavy (non-hydrogen) atoms. The molecule has 1 heterocycles. The highest BCUT2D eigenvalue weighted by atomic mass is 16.5. The second-order valence-corrected chi connectivity index (χ2v) is 7.70. The van der Waals surface area contributed by atoms with Gasteiger partial charge < -0.3 is 15.0 Å². The maximum absolute atomic E-state index is 12.7. The van der Waals surface area contributed by atoms with E-state index in [1.165, 1.54) is 5.56 Å². The predicted molar refractivity (Wildman–Crippen MR) is 114 cm³/mol. The van der Waals surface area contributed by atoms with Gasteiger partial charge in [0.25, 0.3) is 0 Å². The Morgan fingerprint density at radius 3 is 2.50 bits per heavy atom. The third-order valence-electron chi connectivity index (χ3n) is 5.76. The summed E-state index contributed by atoms with van der Waals surface area (Å²) in [5.74, 6) is 1.55. The molecule has 0 radical (unpaired) electrons. The second-order valence-electron chi connectivity index (χ2n) is 7.70. The van der Waals surface area contributed by atoms with Crippen LogP contribution in [0.4, 0.5) is 0 Å². The van der Waals surface area contributed by atoms with E-state index in [9.17, 15) is 4.79 Å². The van der Waals surface area contributed by atoms with Crippen LogP contribution in [0.25, 0.3) is 0 Å². The smallest absolute Gasteiger partial charge is 0.227 e. The number of methoxy groups -OCH3 is 1. The summed E-state index contributed by atoms with van der Waals surface area (Å²) in [6, 6.07) is 19.0. The maximum atomic E-state index is 12.7. The summed E-state index contributed by atoms with van der Waals surface area (Å²) in [6.07, 6.45) is 3.60. The van der Waals surface area contributed by atoms with Gasteiger partial charge in [-0.3, -0.25) is 4.79 Å². The second kappa shape index (κ2) is 10.3. The van der Waals surface area contributed by atoms with E-state index in [1.54, 1.807) is 7.11 Å². The van der Waals surface area contributed by atoms with Crippen LogP contribution in [0.5, 0.6) is 5.75 Å². The minimum absolute atomic E-state index is 0.195. The fourth-order valence-corrected chi connectivity index (χ4v) is 3.91. The Morgan fingerprint density at radius 2 is 1.79 bits per heavy atom. The Kier molecular flexibility index (Phi) is 7.49. The number of rotatable bonds is 8. The van der Waals surface area contributed by atoms with Gasteiger partial charge in [-0.05, 0) is 43.4 Å². The summed E-state index contributed by atoms with van der Waals surface area (Å²) in [7, 11) is 1.65. The first kappa shape index (κ1) is 20.4. The molecular weight excluding hydrogens is 348 g/mol. The molecule has 1 aliphatic heterocycles. The lowest BCUT2D eigenvalue weighted by Gasteiger charge is -2.33. The van der Waals surface area contributed by atoms with Crippen LogP contribution in [0.2, 0.25) is 0 Å². The van der Waals surface area contributed by atoms with Gasteiger partial charge in [0.2, 0.25) is 5.91 Å². The Morgan fingerprint density at radius 1 is 1.11 bits per heavy atom. The van der Waals surface area contributed by atoms with E-state index in [1.807, 2.05) is 29.2 Å². The number of piperidine rings is 1. The van der Waals surface area contributed by atoms with Crippen LogP contribution >= 0.6 is 0 Å². The van der Waals surface area contributed by atoms with Gasteiger partial charge in [-0.15, -0.1) is 0 Å². The predicted octanol–water partition coefficient (Wildman–Crippen LogP) is 4.01. The minimum Gasteiger partial charge on any atom is -0.496 e. The lowest BCUT2D eigenvalue weighted by molar-refractivity contribution is -0.131. The quantitative estimate of drug-likeness (QED) is 0.752. The number of carbonyl (C=O) groups excluding carboxylic acids is 1. The molecule has 0 bridgehead atoms. The van der Waals surface area contributed by atoms with Crippen LogP contribution in [0.3, 0.4) is 0 Å². The van der Waals surface area contributed by atoms with Crippen LogP contribution in [0.1, 0.15) is 43.2 Å². The molecule has 4 nitrogen and oxygen atoms in total. The summed E-state index contributed by atoms with van der Waals surface area (Å²) < 4.78 is 5.37. The van der Waals surface area contributed by atoms with Crippen LogP contribution < -0.4 is 10.1 Å². The van der Waals surface area contributed by atoms with Crippen molar-refractivity contribution in [2.24, 2.45) is 0 Å². The van der Waals surface area contributed by atoms with Gasteiger partial charge in [-0.1, -0.05) is 55.5 Å². The average molecular weight is 381 g/mol. The fourth-order valence-electron chi connectivity index (χ4n) is 3.91. The number of hydrogen-bond acceptors (Lipinski definition) is 3. The maximum Gasteiger partial charge on any atom is 0.227 e. The third-order valence-corrected chi connectivity index (χ3v) is 5.76. The van der Waals surface area contributed by atoms with Gasteiger partial charge in [0.1, 0.15) is 5.75 Å². The van der Waals surface area contributed by atoms with Crippen molar-refractivity contribution in [3.8, 4) is 5.75 Å². The summed E-state index contributed by atoms with van der Waals surface area (Å²) in [5.41, 5.74) is 2.37. The molecule has 1 atom stereocenters. The van der Waals surface area contributed by atoms with Gasteiger partial charge >= 0.3 is 0 Å². The fraction of sp³-hybridized carbons (Fsp3) is 0.458. The first-order valence-corrected chi connectivity index (χ1v) is 10.4. The van der Waals surface area contributed by atoms with E-state index in [2.05, 4.69) is 42.6 Å². The first-order valence-electron chi connectivity index (χ1n) is 10.4. The number of carbonyl (C=O) groups is 1. The molecular formula is C24H32N2O2. The van der Waals surface area contributed by atoms with E-state index in [0.717, 1.165) is 50.2 Å². The van der Waals surface area contributed by atoms with Gasteiger partial charge in [0.05, 0.1) is 13.5 Å². The number of ether oxygens (including phenoxy) is 1. The molecule has 1 fully saturated rings. The van der Waals surface area contributed by atoms with Crippen LogP contribution in [0, 0.1) is 0 Å². The molecule has 4 heteroatoms. The summed E-state index contributed by atoms with van der Waals surface area (Å²) >= 11 is 0. The standard InChI is InChI=1S/C24H32N2O2/c1-19(20-8-4-3-5-9-20)12-15-25-22-13-16-26(17-14-22)24(27)18-21-10-6-7-11-23(21)28-2/h3-11,19,22,25H,12-18H2,1-2H3. The topological polar surface area (TPSA) is 41.6 Å². The number of benzene rings is 2. The number of nitrogens with one attached hydrogen (secondary N) is 1. The van der Waals surface area contributed by atoms with Crippen molar-refractivity contribution in [1.29, 1.82) is 0 Å². The summed E-state index contributed by atoms with van der Waals surface area (Å²) in [4.78, 5) is 14.6. The average Bonchev–Trinajstić information content (AvgIpc) is 2.75. The molecule has 1 amide bonds. The Labute approximate surface area is 168 Å². The molecule has 1 N–H and O–H groups in total. The van der Waals surface area contributed by atoms with Crippen molar-refractivity contribution in [2.75, 3.05) is 26.7 Å². The van der Waals surface area contributed by atoms with Crippen LogP contribution in [-0.4, -0.2) is 43.6 Å². The van der Waals surface area contributed by atoms with E-state index >= 15 is 0 Å². The van der Waals surface area contributed by atoms with E-state index < -0.39 is 0 Å². The highest BCUT2D eigenvalue weighted by molar-refractivity contribution is 5.79. The largest absolute Gasteiger partial charge is 0.496 e. The molecule has 0 saturated carbocycles. The Hall–Kier alpha value is -2.33. The van der Waals surface area contributed by atoms with Crippen LogP contribution in [0.15, 0.2) is 54.6 Å². The number of para-hydroxylation sites is 1. The Balaban J connectivity index is 1.39. The third kappa shape index (κ3) is 5.59. The van der Waals surface area contributed by atoms with Crippen molar-refractivity contribution in [2.45, 2.75) is 44.6 Å². The summed E-state index contributed by atoms with van der Waals surface area (Å²) in [5, 5.41) is 3.69.